The summed E-state index contributed by atoms with van der Waals surface area (Å²) >= 11 is 6.01. The molecular weight excluding hydrogens is 614 g/mol. The zero-order valence-corrected chi connectivity index (χ0v) is 28.4. The fraction of sp³-hybridized carbons (Fsp3) is 0.333. The second-order valence-corrected chi connectivity index (χ2v) is 12.3. The van der Waals surface area contributed by atoms with Crippen LogP contribution in [0.4, 0.5) is 0 Å². The molecule has 0 saturated carbocycles. The molecule has 2 heterocycles. The monoisotopic (exact) mass is 655 g/mol. The Hall–Kier alpha value is -4.49. The maximum absolute atomic E-state index is 13.4. The van der Waals surface area contributed by atoms with Gasteiger partial charge in [0, 0.05) is 51.5 Å². The Balaban J connectivity index is 1.39. The number of methoxy groups -OCH3 is 1. The highest BCUT2D eigenvalue weighted by molar-refractivity contribution is 6.30. The molecule has 0 N–H and O–H groups in total. The Labute approximate surface area is 280 Å². The number of halogens is 1. The van der Waals surface area contributed by atoms with Crippen LogP contribution in [0.25, 0.3) is 23.6 Å². The Kier molecular flexibility index (Phi) is 11.9. The van der Waals surface area contributed by atoms with Crippen LogP contribution in [0.5, 0.6) is 0 Å². The minimum absolute atomic E-state index is 0.00359. The molecule has 0 bridgehead atoms. The van der Waals surface area contributed by atoms with Gasteiger partial charge in [0.1, 0.15) is 22.7 Å². The highest BCUT2D eigenvalue weighted by atomic mass is 35.5. The van der Waals surface area contributed by atoms with Crippen LogP contribution in [0.3, 0.4) is 0 Å². The lowest BCUT2D eigenvalue weighted by atomic mass is 9.93. The van der Waals surface area contributed by atoms with Crippen LogP contribution >= 0.6 is 11.6 Å². The van der Waals surface area contributed by atoms with Crippen LogP contribution in [0, 0.1) is 6.92 Å². The molecule has 8 heteroatoms. The molecule has 7 nitrogen and oxygen atoms in total. The van der Waals surface area contributed by atoms with Crippen LogP contribution in [-0.4, -0.2) is 29.2 Å². The van der Waals surface area contributed by atoms with Gasteiger partial charge in [-0.05, 0) is 92.1 Å². The van der Waals surface area contributed by atoms with Crippen molar-refractivity contribution in [3.05, 3.63) is 115 Å². The number of nitrogens with zero attached hydrogens (tertiary/aromatic N) is 1. The number of carbonyl (C=O) groups excluding carboxylic acids is 3. The highest BCUT2D eigenvalue weighted by Crippen LogP contribution is 2.26. The molecule has 0 spiro atoms. The van der Waals surface area contributed by atoms with Gasteiger partial charge in [-0.2, -0.15) is 0 Å². The summed E-state index contributed by atoms with van der Waals surface area (Å²) < 4.78 is 12.3. The topological polar surface area (TPSA) is 95.6 Å². The van der Waals surface area contributed by atoms with Gasteiger partial charge in [-0.25, -0.2) is 4.79 Å². The van der Waals surface area contributed by atoms with Crippen molar-refractivity contribution in [1.29, 1.82) is 0 Å². The molecule has 0 radical (unpaired) electrons. The summed E-state index contributed by atoms with van der Waals surface area (Å²) in [6.07, 6.45) is 6.04. The van der Waals surface area contributed by atoms with Gasteiger partial charge in [0.25, 0.3) is 5.91 Å². The quantitative estimate of drug-likeness (QED) is 0.0572. The molecule has 0 aliphatic heterocycles. The number of aromatic nitrogens is 1. The summed E-state index contributed by atoms with van der Waals surface area (Å²) in [5.74, 6) is 0.216. The van der Waals surface area contributed by atoms with Crippen LogP contribution < -0.4 is 16.2 Å². The van der Waals surface area contributed by atoms with E-state index in [1.807, 2.05) is 18.2 Å². The summed E-state index contributed by atoms with van der Waals surface area (Å²) in [4.78, 5) is 52.2. The van der Waals surface area contributed by atoms with E-state index >= 15 is 0 Å². The predicted octanol–water partition coefficient (Wildman–Crippen LogP) is 7.44. The van der Waals surface area contributed by atoms with Gasteiger partial charge in [-0.1, -0.05) is 57.2 Å². The van der Waals surface area contributed by atoms with Crippen LogP contribution in [0.15, 0.2) is 70.1 Å². The van der Waals surface area contributed by atoms with Gasteiger partial charge in [-0.15, -0.1) is 0 Å². The van der Waals surface area contributed by atoms with Gasteiger partial charge in [0.2, 0.25) is 0 Å². The second kappa shape index (κ2) is 15.9. The number of allylic oxidation sites excluding steroid dienone is 1. The van der Waals surface area contributed by atoms with Crippen molar-refractivity contribution in [2.24, 2.45) is 0 Å². The number of ketones is 2. The molecule has 4 rings (SSSR count). The van der Waals surface area contributed by atoms with E-state index in [-0.39, 0.29) is 35.9 Å². The molecule has 0 aliphatic rings. The number of rotatable bonds is 15. The van der Waals surface area contributed by atoms with E-state index in [1.54, 1.807) is 43.3 Å². The van der Waals surface area contributed by atoms with E-state index < -0.39 is 5.63 Å². The average Bonchev–Trinajstić information content (AvgIpc) is 3.28. The zero-order chi connectivity index (χ0) is 34.2. The van der Waals surface area contributed by atoms with E-state index in [2.05, 4.69) is 27.0 Å². The van der Waals surface area contributed by atoms with Crippen molar-refractivity contribution >= 4 is 52.7 Å². The SMILES string of the molecule is C=C(/C=c1/c(CC(=O)CCCCCC(=O)c2cc3ccc(C(CC)CC)cc3oc2=O)c(C)n(C(=O)c2ccc(Cl)cc2)c1=C)OC. The van der Waals surface area contributed by atoms with Crippen LogP contribution in [0.2, 0.25) is 5.02 Å². The number of hydrogen-bond donors (Lipinski definition) is 0. The molecule has 47 heavy (non-hydrogen) atoms. The molecule has 4 aromatic rings. The molecule has 0 fully saturated rings. The lowest BCUT2D eigenvalue weighted by molar-refractivity contribution is -0.118. The summed E-state index contributed by atoms with van der Waals surface area (Å²) in [6, 6.07) is 14.1. The molecule has 0 aliphatic carbocycles. The first kappa shape index (κ1) is 35.4. The third kappa shape index (κ3) is 8.27. The summed E-state index contributed by atoms with van der Waals surface area (Å²) in [7, 11) is 1.50. The minimum Gasteiger partial charge on any atom is -0.497 e. The van der Waals surface area contributed by atoms with Crippen LogP contribution in [0.1, 0.15) is 102 Å². The fourth-order valence-electron chi connectivity index (χ4n) is 5.98. The van der Waals surface area contributed by atoms with Gasteiger partial charge in [-0.3, -0.25) is 19.0 Å². The first-order valence-electron chi connectivity index (χ1n) is 16.1. The Morgan fingerprint density at radius 3 is 2.34 bits per heavy atom. The largest absolute Gasteiger partial charge is 0.497 e. The number of carbonyl (C=O) groups is 3. The number of fused-ring (bicyclic) bond motifs is 1. The normalized spacial score (nSPS) is 11.7. The first-order chi connectivity index (χ1) is 22.5. The summed E-state index contributed by atoms with van der Waals surface area (Å²) in [5, 5.41) is 2.30. The van der Waals surface area contributed by atoms with Crippen LogP contribution in [-0.2, 0) is 16.0 Å². The third-order valence-electron chi connectivity index (χ3n) is 8.79. The maximum Gasteiger partial charge on any atom is 0.347 e. The van der Waals surface area contributed by atoms with Gasteiger partial charge in [0.15, 0.2) is 5.78 Å². The number of unbranched alkanes of at least 4 members (excludes halogenated alkanes) is 2. The van der Waals surface area contributed by atoms with Crippen molar-refractivity contribution in [2.75, 3.05) is 7.11 Å². The molecule has 2 aromatic heterocycles. The molecule has 0 saturated heterocycles. The molecular formula is C39H42ClNO6. The Morgan fingerprint density at radius 2 is 1.68 bits per heavy atom. The average molecular weight is 656 g/mol. The Bertz CT molecular complexity index is 1980. The number of benzene rings is 2. The van der Waals surface area contributed by atoms with E-state index in [0.29, 0.717) is 75.4 Å². The Morgan fingerprint density at radius 1 is 1.00 bits per heavy atom. The highest BCUT2D eigenvalue weighted by Gasteiger charge is 2.20. The number of hydrogen-bond acceptors (Lipinski definition) is 6. The summed E-state index contributed by atoms with van der Waals surface area (Å²) in [6.45, 7) is 14.1. The van der Waals surface area contributed by atoms with Gasteiger partial charge < -0.3 is 9.15 Å². The number of Topliss-reactive ketones (excluding diaryl/α,β-unsaturated/α-hetero) is 2. The first-order valence-corrected chi connectivity index (χ1v) is 16.4. The van der Waals surface area contributed by atoms with E-state index in [9.17, 15) is 19.2 Å². The van der Waals surface area contributed by atoms with E-state index in [1.165, 1.54) is 11.7 Å². The molecule has 0 unspecified atom stereocenters. The fourth-order valence-corrected chi connectivity index (χ4v) is 6.10. The van der Waals surface area contributed by atoms with Gasteiger partial charge in [0.05, 0.1) is 7.11 Å². The second-order valence-electron chi connectivity index (χ2n) is 11.8. The standard InChI is InChI=1S/C39H42ClNO6/c1-7-27(8-2)29-14-15-30-21-35(39(45)47-37(30)22-29)36(43)13-11-9-10-12-32(42)23-34-26(5)41(25(4)33(34)20-24(3)46-6)38(44)28-16-18-31(40)19-17-28/h14-22,27H,3-4,7-13,23H2,1-2,5-6H3/b33-20+. The minimum atomic E-state index is -0.621. The lowest BCUT2D eigenvalue weighted by Gasteiger charge is -2.13. The molecule has 0 atom stereocenters. The van der Waals surface area contributed by atoms with Crippen molar-refractivity contribution in [1.82, 2.24) is 4.57 Å². The van der Waals surface area contributed by atoms with Crippen molar-refractivity contribution in [2.45, 2.75) is 78.1 Å². The lowest BCUT2D eigenvalue weighted by Crippen LogP contribution is -2.33. The summed E-state index contributed by atoms with van der Waals surface area (Å²) in [5.41, 5.74) is 2.80. The zero-order valence-electron chi connectivity index (χ0n) is 27.6. The van der Waals surface area contributed by atoms with E-state index in [4.69, 9.17) is 20.8 Å². The smallest absolute Gasteiger partial charge is 0.347 e. The third-order valence-corrected chi connectivity index (χ3v) is 9.04. The van der Waals surface area contributed by atoms with E-state index in [0.717, 1.165) is 23.8 Å². The predicted molar refractivity (Wildman–Crippen MR) is 188 cm³/mol. The van der Waals surface area contributed by atoms with Crippen molar-refractivity contribution in [3.8, 4) is 0 Å². The van der Waals surface area contributed by atoms with Crippen molar-refractivity contribution in [3.63, 3.8) is 0 Å². The molecule has 246 valence electrons. The maximum atomic E-state index is 13.4. The van der Waals surface area contributed by atoms with Crippen molar-refractivity contribution < 1.29 is 23.5 Å². The molecule has 0 amide bonds. The molecule has 2 aromatic carbocycles. The van der Waals surface area contributed by atoms with Gasteiger partial charge >= 0.3 is 5.63 Å². The number of ether oxygens (including phenoxy) is 1.